The van der Waals surface area contributed by atoms with Crippen molar-refractivity contribution in [1.29, 1.82) is 0 Å². The van der Waals surface area contributed by atoms with Gasteiger partial charge in [-0.05, 0) is 56.8 Å². The lowest BCUT2D eigenvalue weighted by Crippen LogP contribution is -2.42. The molecule has 0 saturated carbocycles. The van der Waals surface area contributed by atoms with Crippen molar-refractivity contribution in [3.63, 3.8) is 0 Å². The number of aromatic nitrogens is 1. The second kappa shape index (κ2) is 3.60. The van der Waals surface area contributed by atoms with E-state index < -0.39 is 0 Å². The molecule has 0 bridgehead atoms. The lowest BCUT2D eigenvalue weighted by Gasteiger charge is -2.41. The van der Waals surface area contributed by atoms with E-state index in [0.717, 1.165) is 13.1 Å². The predicted molar refractivity (Wildman–Crippen MR) is 61.0 cm³/mol. The van der Waals surface area contributed by atoms with Crippen LogP contribution in [0.2, 0.25) is 0 Å². The van der Waals surface area contributed by atoms with E-state index in [-0.39, 0.29) is 0 Å². The molecule has 1 aliphatic carbocycles. The molecule has 2 aliphatic rings. The summed E-state index contributed by atoms with van der Waals surface area (Å²) in [4.78, 5) is 4.67. The molecule has 0 aromatic carbocycles. The second-order valence-corrected chi connectivity index (χ2v) is 4.90. The van der Waals surface area contributed by atoms with Crippen LogP contribution in [-0.2, 0) is 11.8 Å². The number of piperidine rings is 1. The minimum atomic E-state index is 0.417. The minimum absolute atomic E-state index is 0.417. The maximum absolute atomic E-state index is 4.67. The lowest BCUT2D eigenvalue weighted by molar-refractivity contribution is 0.260. The molecule has 0 radical (unpaired) electrons. The van der Waals surface area contributed by atoms with Crippen molar-refractivity contribution >= 4 is 0 Å². The summed E-state index contributed by atoms with van der Waals surface area (Å²) >= 11 is 0. The van der Waals surface area contributed by atoms with E-state index in [1.165, 1.54) is 43.4 Å². The number of rotatable bonds is 0. The van der Waals surface area contributed by atoms with Gasteiger partial charge in [0.15, 0.2) is 0 Å². The van der Waals surface area contributed by atoms with Gasteiger partial charge in [0.2, 0.25) is 0 Å². The highest BCUT2D eigenvalue weighted by atomic mass is 14.9. The highest BCUT2D eigenvalue weighted by Gasteiger charge is 2.38. The highest BCUT2D eigenvalue weighted by molar-refractivity contribution is 5.31. The largest absolute Gasteiger partial charge is 0.317 e. The van der Waals surface area contributed by atoms with Crippen LogP contribution in [0.15, 0.2) is 18.3 Å². The zero-order valence-corrected chi connectivity index (χ0v) is 9.13. The van der Waals surface area contributed by atoms with Gasteiger partial charge in [-0.2, -0.15) is 0 Å². The van der Waals surface area contributed by atoms with Gasteiger partial charge in [-0.3, -0.25) is 4.98 Å². The fourth-order valence-corrected chi connectivity index (χ4v) is 3.25. The van der Waals surface area contributed by atoms with E-state index in [2.05, 4.69) is 22.4 Å². The third-order valence-electron chi connectivity index (χ3n) is 4.06. The Hall–Kier alpha value is -0.890. The van der Waals surface area contributed by atoms with Gasteiger partial charge < -0.3 is 5.32 Å². The molecule has 1 aliphatic heterocycles. The van der Waals surface area contributed by atoms with Gasteiger partial charge in [-0.25, -0.2) is 0 Å². The third kappa shape index (κ3) is 1.48. The van der Waals surface area contributed by atoms with Gasteiger partial charge in [0.25, 0.3) is 0 Å². The minimum Gasteiger partial charge on any atom is -0.317 e. The van der Waals surface area contributed by atoms with E-state index in [1.54, 1.807) is 0 Å². The standard InChI is InChI=1S/C13H18N2/c1-3-11-4-2-8-15-12(11)13(5-1)6-9-14-10-7-13/h2,4,8,14H,1,3,5-7,9-10H2. The number of nitrogens with zero attached hydrogens (tertiary/aromatic N) is 1. The molecule has 15 heavy (non-hydrogen) atoms. The van der Waals surface area contributed by atoms with Crippen molar-refractivity contribution in [3.05, 3.63) is 29.6 Å². The van der Waals surface area contributed by atoms with Crippen molar-refractivity contribution in [2.45, 2.75) is 37.5 Å². The molecule has 1 fully saturated rings. The van der Waals surface area contributed by atoms with Crippen LogP contribution < -0.4 is 5.32 Å². The van der Waals surface area contributed by atoms with Crippen LogP contribution in [0.5, 0.6) is 0 Å². The molecule has 80 valence electrons. The lowest BCUT2D eigenvalue weighted by atomic mass is 9.67. The maximum atomic E-state index is 4.67. The molecule has 0 atom stereocenters. The highest BCUT2D eigenvalue weighted by Crippen LogP contribution is 2.42. The molecule has 1 aromatic heterocycles. The quantitative estimate of drug-likeness (QED) is 0.696. The predicted octanol–water partition coefficient (Wildman–Crippen LogP) is 2.04. The van der Waals surface area contributed by atoms with E-state index >= 15 is 0 Å². The summed E-state index contributed by atoms with van der Waals surface area (Å²) in [6.07, 6.45) is 8.44. The summed E-state index contributed by atoms with van der Waals surface area (Å²) in [7, 11) is 0. The molecule has 1 aromatic rings. The summed E-state index contributed by atoms with van der Waals surface area (Å²) in [6, 6.07) is 4.35. The Morgan fingerprint density at radius 3 is 2.93 bits per heavy atom. The van der Waals surface area contributed by atoms with E-state index in [4.69, 9.17) is 0 Å². The first-order valence-electron chi connectivity index (χ1n) is 6.06. The Morgan fingerprint density at radius 1 is 1.20 bits per heavy atom. The molecule has 0 unspecified atom stereocenters. The molecular formula is C13H18N2. The SMILES string of the molecule is c1cnc2c(c1)CCCC21CCNCC1. The van der Waals surface area contributed by atoms with Crippen LogP contribution in [0, 0.1) is 0 Å². The van der Waals surface area contributed by atoms with E-state index in [0.29, 0.717) is 5.41 Å². The van der Waals surface area contributed by atoms with Crippen LogP contribution in [-0.4, -0.2) is 18.1 Å². The summed E-state index contributed by atoms with van der Waals surface area (Å²) in [5.74, 6) is 0. The van der Waals surface area contributed by atoms with E-state index in [9.17, 15) is 0 Å². The molecule has 1 N–H and O–H groups in total. The maximum Gasteiger partial charge on any atom is 0.0498 e. The smallest absolute Gasteiger partial charge is 0.0498 e. The fraction of sp³-hybridized carbons (Fsp3) is 0.615. The van der Waals surface area contributed by atoms with Gasteiger partial charge in [-0.1, -0.05) is 6.07 Å². The summed E-state index contributed by atoms with van der Waals surface area (Å²) in [6.45, 7) is 2.33. The summed E-state index contributed by atoms with van der Waals surface area (Å²) in [5, 5.41) is 3.46. The van der Waals surface area contributed by atoms with Crippen LogP contribution in [0.3, 0.4) is 0 Å². The molecule has 0 amide bonds. The van der Waals surface area contributed by atoms with Crippen LogP contribution in [0.1, 0.15) is 36.9 Å². The number of pyridine rings is 1. The number of hydrogen-bond donors (Lipinski definition) is 1. The van der Waals surface area contributed by atoms with Crippen molar-refractivity contribution in [3.8, 4) is 0 Å². The van der Waals surface area contributed by atoms with Crippen molar-refractivity contribution in [1.82, 2.24) is 10.3 Å². The fourth-order valence-electron chi connectivity index (χ4n) is 3.25. The van der Waals surface area contributed by atoms with Crippen molar-refractivity contribution < 1.29 is 0 Å². The Morgan fingerprint density at radius 2 is 2.07 bits per heavy atom. The van der Waals surface area contributed by atoms with Gasteiger partial charge in [-0.15, -0.1) is 0 Å². The van der Waals surface area contributed by atoms with Crippen molar-refractivity contribution in [2.24, 2.45) is 0 Å². The van der Waals surface area contributed by atoms with Crippen molar-refractivity contribution in [2.75, 3.05) is 13.1 Å². The Bertz CT molecular complexity index is 353. The molecule has 2 heteroatoms. The molecule has 2 nitrogen and oxygen atoms in total. The second-order valence-electron chi connectivity index (χ2n) is 4.90. The number of aryl methyl sites for hydroxylation is 1. The average molecular weight is 202 g/mol. The van der Waals surface area contributed by atoms with E-state index in [1.807, 2.05) is 6.20 Å². The number of nitrogens with one attached hydrogen (secondary N) is 1. The monoisotopic (exact) mass is 202 g/mol. The first kappa shape index (κ1) is 9.34. The van der Waals surface area contributed by atoms with Gasteiger partial charge in [0.05, 0.1) is 0 Å². The molecule has 1 spiro atoms. The van der Waals surface area contributed by atoms with Crippen LogP contribution >= 0.6 is 0 Å². The first-order chi connectivity index (χ1) is 7.41. The van der Waals surface area contributed by atoms with Gasteiger partial charge >= 0.3 is 0 Å². The Labute approximate surface area is 91.1 Å². The number of fused-ring (bicyclic) bond motifs is 2. The van der Waals surface area contributed by atoms with Crippen LogP contribution in [0.4, 0.5) is 0 Å². The average Bonchev–Trinajstić information content (AvgIpc) is 2.31. The zero-order valence-electron chi connectivity index (χ0n) is 9.13. The topological polar surface area (TPSA) is 24.9 Å². The van der Waals surface area contributed by atoms with Crippen LogP contribution in [0.25, 0.3) is 0 Å². The molecular weight excluding hydrogens is 184 g/mol. The van der Waals surface area contributed by atoms with Gasteiger partial charge in [0.1, 0.15) is 0 Å². The Kier molecular flexibility index (Phi) is 2.24. The Balaban J connectivity index is 2.04. The molecule has 2 heterocycles. The number of hydrogen-bond acceptors (Lipinski definition) is 2. The normalized spacial score (nSPS) is 23.7. The first-order valence-corrected chi connectivity index (χ1v) is 6.06. The summed E-state index contributed by atoms with van der Waals surface area (Å²) < 4.78 is 0. The summed E-state index contributed by atoms with van der Waals surface area (Å²) in [5.41, 5.74) is 3.34. The third-order valence-corrected chi connectivity index (χ3v) is 4.06. The zero-order chi connectivity index (χ0) is 10.1. The van der Waals surface area contributed by atoms with Gasteiger partial charge in [0, 0.05) is 17.3 Å². The molecule has 1 saturated heterocycles. The molecule has 3 rings (SSSR count).